The molecule has 1 aromatic carbocycles. The first-order chi connectivity index (χ1) is 14.0. The summed E-state index contributed by atoms with van der Waals surface area (Å²) >= 11 is 0. The van der Waals surface area contributed by atoms with Crippen LogP contribution in [0.5, 0.6) is 5.75 Å². The summed E-state index contributed by atoms with van der Waals surface area (Å²) < 4.78 is 81.0. The van der Waals surface area contributed by atoms with Gasteiger partial charge < -0.3 is 13.0 Å². The van der Waals surface area contributed by atoms with Gasteiger partial charge in [0.25, 0.3) is 0 Å². The van der Waals surface area contributed by atoms with Gasteiger partial charge in [-0.15, -0.1) is 0 Å². The lowest BCUT2D eigenvalue weighted by Crippen LogP contribution is -2.28. The zero-order valence-electron chi connectivity index (χ0n) is 17.4. The van der Waals surface area contributed by atoms with Gasteiger partial charge >= 0.3 is 22.1 Å². The van der Waals surface area contributed by atoms with Crippen LogP contribution in [0.2, 0.25) is 0 Å². The highest BCUT2D eigenvalue weighted by molar-refractivity contribution is 8.11. The zero-order chi connectivity index (χ0) is 24.1. The maximum Gasteiger partial charge on any atom is 0.345 e. The van der Waals surface area contributed by atoms with Crippen LogP contribution >= 0.6 is 0 Å². The Labute approximate surface area is 182 Å². The molecule has 0 amide bonds. The average Bonchev–Trinajstić information content (AvgIpc) is 2.59. The zero-order valence-corrected chi connectivity index (χ0v) is 19.8. The van der Waals surface area contributed by atoms with Gasteiger partial charge in [0.05, 0.1) is 36.8 Å². The Hall–Kier alpha value is -2.03. The molecule has 0 aliphatic rings. The van der Waals surface area contributed by atoms with Crippen LogP contribution in [0.15, 0.2) is 24.3 Å². The molecule has 31 heavy (non-hydrogen) atoms. The van der Waals surface area contributed by atoms with E-state index in [-0.39, 0.29) is 11.3 Å². The molecular weight excluding hydrogens is 474 g/mol. The van der Waals surface area contributed by atoms with Gasteiger partial charge in [0, 0.05) is 12.0 Å². The molecule has 0 aromatic heterocycles. The van der Waals surface area contributed by atoms with Crippen LogP contribution in [0.3, 0.4) is 0 Å². The minimum absolute atomic E-state index is 0.00141. The second kappa shape index (κ2) is 10.1. The highest BCUT2D eigenvalue weighted by Gasteiger charge is 2.29. The third-order valence-electron chi connectivity index (χ3n) is 3.98. The molecule has 1 aromatic rings. The molecule has 0 bridgehead atoms. The summed E-state index contributed by atoms with van der Waals surface area (Å²) in [6, 6.07) is 4.74. The van der Waals surface area contributed by atoms with Crippen LogP contribution in [-0.4, -0.2) is 55.0 Å². The van der Waals surface area contributed by atoms with Gasteiger partial charge in [-0.3, -0.25) is 4.79 Å². The summed E-state index contributed by atoms with van der Waals surface area (Å²) in [6.45, 7) is 5.03. The van der Waals surface area contributed by atoms with Gasteiger partial charge in [-0.25, -0.2) is 21.6 Å². The number of rotatable bonds is 11. The van der Waals surface area contributed by atoms with Gasteiger partial charge in [-0.05, 0) is 51.0 Å². The largest absolute Gasteiger partial charge is 0.436 e. The van der Waals surface area contributed by atoms with Crippen LogP contribution in [0.1, 0.15) is 44.0 Å². The van der Waals surface area contributed by atoms with Crippen LogP contribution in [-0.2, 0) is 39.7 Å². The first kappa shape index (κ1) is 27.0. The van der Waals surface area contributed by atoms with Gasteiger partial charge in [-0.2, -0.15) is 8.42 Å². The van der Waals surface area contributed by atoms with Crippen LogP contribution in [0.25, 0.3) is 4.13 Å². The number of hydrogen-bond acceptors (Lipinski definition) is 10. The Balaban J connectivity index is 2.69. The lowest BCUT2D eigenvalue weighted by molar-refractivity contribution is -0.147. The van der Waals surface area contributed by atoms with Crippen molar-refractivity contribution in [1.82, 2.24) is 0 Å². The van der Waals surface area contributed by atoms with E-state index in [9.17, 15) is 34.8 Å². The van der Waals surface area contributed by atoms with Crippen molar-refractivity contribution < 1.29 is 43.8 Å². The minimum Gasteiger partial charge on any atom is -0.436 e. The fraction of sp³-hybridized carbons (Fsp3) is 0.529. The number of benzene rings is 1. The van der Waals surface area contributed by atoms with E-state index >= 15 is 0 Å². The van der Waals surface area contributed by atoms with E-state index in [1.165, 1.54) is 24.3 Å². The van der Waals surface area contributed by atoms with Crippen molar-refractivity contribution in [1.29, 1.82) is 0 Å². The van der Waals surface area contributed by atoms with E-state index in [4.69, 9.17) is 8.92 Å². The molecule has 1 rings (SSSR count). The van der Waals surface area contributed by atoms with E-state index in [1.807, 2.05) is 0 Å². The summed E-state index contributed by atoms with van der Waals surface area (Å²) in [5, 5.41) is 0. The Morgan fingerprint density at radius 3 is 2.00 bits per heavy atom. The third kappa shape index (κ3) is 9.76. The molecule has 0 aliphatic carbocycles. The van der Waals surface area contributed by atoms with Gasteiger partial charge in [-0.1, -0.05) is 6.92 Å². The molecule has 0 aliphatic heterocycles. The summed E-state index contributed by atoms with van der Waals surface area (Å²) in [6.07, 6.45) is 0.626. The minimum atomic E-state index is -4.33. The number of hydrogen-bond donors (Lipinski definition) is 0. The summed E-state index contributed by atoms with van der Waals surface area (Å²) in [4.78, 5) is 24.0. The highest BCUT2D eigenvalue weighted by Crippen LogP contribution is 2.23. The molecule has 0 heterocycles. The molecule has 0 saturated heterocycles. The first-order valence-electron chi connectivity index (χ1n) is 8.92. The predicted molar refractivity (Wildman–Crippen MR) is 112 cm³/mol. The fourth-order valence-corrected chi connectivity index (χ4v) is 5.55. The lowest BCUT2D eigenvalue weighted by atomic mass is 9.91. The van der Waals surface area contributed by atoms with E-state index in [0.717, 1.165) is 0 Å². The average molecular weight is 499 g/mol. The maximum atomic E-state index is 12.0. The topological polar surface area (TPSA) is 169 Å². The molecule has 0 saturated carbocycles. The molecular formula is C17H24NO10S3-. The molecule has 0 fully saturated rings. The summed E-state index contributed by atoms with van der Waals surface area (Å²) in [7, 11) is -12.7. The molecule has 11 nitrogen and oxygen atoms in total. The SMILES string of the molecule is CCC(C)(C)C(=O)OC(=O)c1ccc(OS(=O)(=O)CCCS(=O)(=O)[N-]S(C)(=O)=O)cc1. The second-order valence-corrected chi connectivity index (χ2v) is 12.6. The molecule has 0 atom stereocenters. The van der Waals surface area contributed by atoms with E-state index < -0.39 is 65.4 Å². The van der Waals surface area contributed by atoms with Crippen LogP contribution in [0.4, 0.5) is 0 Å². The van der Waals surface area contributed by atoms with Crippen LogP contribution in [0, 0.1) is 5.41 Å². The van der Waals surface area contributed by atoms with E-state index in [2.05, 4.69) is 4.13 Å². The van der Waals surface area contributed by atoms with Gasteiger partial charge in [0.15, 0.2) is 0 Å². The smallest absolute Gasteiger partial charge is 0.345 e. The van der Waals surface area contributed by atoms with E-state index in [1.54, 1.807) is 20.8 Å². The number of nitrogens with zero attached hydrogens (tertiary/aromatic N) is 1. The maximum absolute atomic E-state index is 12.0. The van der Waals surface area contributed by atoms with Crippen molar-refractivity contribution in [3.8, 4) is 5.75 Å². The second-order valence-electron chi connectivity index (χ2n) is 7.23. The molecule has 176 valence electrons. The Bertz CT molecular complexity index is 1120. The predicted octanol–water partition coefficient (Wildman–Crippen LogP) is 1.57. The molecule has 14 heteroatoms. The van der Waals surface area contributed by atoms with Crippen molar-refractivity contribution >= 4 is 42.1 Å². The number of sulfonamides is 2. The van der Waals surface area contributed by atoms with Gasteiger partial charge in [0.2, 0.25) is 0 Å². The monoisotopic (exact) mass is 498 g/mol. The number of carbonyl (C=O) groups excluding carboxylic acids is 2. The first-order valence-corrected chi connectivity index (χ1v) is 14.0. The van der Waals surface area contributed by atoms with E-state index in [0.29, 0.717) is 12.7 Å². The Morgan fingerprint density at radius 2 is 1.52 bits per heavy atom. The van der Waals surface area contributed by atoms with Crippen molar-refractivity contribution in [2.45, 2.75) is 33.6 Å². The fourth-order valence-electron chi connectivity index (χ4n) is 1.92. The van der Waals surface area contributed by atoms with Gasteiger partial charge in [0.1, 0.15) is 5.75 Å². The summed E-state index contributed by atoms with van der Waals surface area (Å²) in [5.74, 6) is -3.26. The Morgan fingerprint density at radius 1 is 0.968 bits per heavy atom. The lowest BCUT2D eigenvalue weighted by Gasteiger charge is -2.19. The summed E-state index contributed by atoms with van der Waals surface area (Å²) in [5.41, 5.74) is -0.840. The number of carbonyl (C=O) groups is 2. The number of esters is 2. The molecule has 0 radical (unpaired) electrons. The van der Waals surface area contributed by atoms with Crippen molar-refractivity contribution in [3.63, 3.8) is 0 Å². The molecule has 0 spiro atoms. The quantitative estimate of drug-likeness (QED) is 0.248. The van der Waals surface area contributed by atoms with Crippen molar-refractivity contribution in [2.75, 3.05) is 17.8 Å². The molecule has 0 unspecified atom stereocenters. The highest BCUT2D eigenvalue weighted by atomic mass is 32.3. The third-order valence-corrected chi connectivity index (χ3v) is 8.01. The van der Waals surface area contributed by atoms with Crippen molar-refractivity contribution in [2.24, 2.45) is 5.41 Å². The normalized spacial score (nSPS) is 12.9. The number of ether oxygens (including phenoxy) is 1. The standard InChI is InChI=1S/C17H24NO10S3/c1-5-17(2,3)16(20)27-15(19)13-7-9-14(10-8-13)28-31(25,26)12-6-11-30(23,24)18-29(4,21)22/h7-10H,5-6,11-12H2,1-4H3/q-1. The van der Waals surface area contributed by atoms with Crippen molar-refractivity contribution in [3.05, 3.63) is 34.0 Å². The molecule has 0 N–H and O–H groups in total. The Kier molecular flexibility index (Phi) is 8.76. The van der Waals surface area contributed by atoms with Crippen LogP contribution < -0.4 is 4.18 Å².